The molecule has 104 valence electrons. The zero-order chi connectivity index (χ0) is 13.6. The Labute approximate surface area is 118 Å². The van der Waals surface area contributed by atoms with E-state index in [9.17, 15) is 0 Å². The van der Waals surface area contributed by atoms with Gasteiger partial charge in [0.15, 0.2) is 4.96 Å². The zero-order valence-corrected chi connectivity index (χ0v) is 12.9. The Morgan fingerprint density at radius 1 is 1.26 bits per heavy atom. The number of nitrogens with two attached hydrogens (primary N) is 1. The van der Waals surface area contributed by atoms with Crippen molar-refractivity contribution >= 4 is 16.3 Å². The van der Waals surface area contributed by atoms with Crippen molar-refractivity contribution in [2.75, 3.05) is 6.54 Å². The van der Waals surface area contributed by atoms with Gasteiger partial charge in [0, 0.05) is 28.1 Å². The fraction of sp³-hybridized carbons (Fsp3) is 0.667. The second kappa shape index (κ2) is 4.60. The van der Waals surface area contributed by atoms with Gasteiger partial charge in [0.1, 0.15) is 0 Å². The molecule has 19 heavy (non-hydrogen) atoms. The van der Waals surface area contributed by atoms with Gasteiger partial charge >= 0.3 is 0 Å². The number of thiazole rings is 1. The number of imidazole rings is 1. The number of fused-ring (bicyclic) bond motifs is 3. The molecule has 0 fully saturated rings. The molecule has 0 aliphatic heterocycles. The Morgan fingerprint density at radius 3 is 2.68 bits per heavy atom. The highest BCUT2D eigenvalue weighted by atomic mass is 32.1. The van der Waals surface area contributed by atoms with Crippen molar-refractivity contribution in [1.29, 1.82) is 0 Å². The van der Waals surface area contributed by atoms with E-state index in [1.807, 2.05) is 11.3 Å². The summed E-state index contributed by atoms with van der Waals surface area (Å²) in [4.78, 5) is 7.66. The molecule has 1 aliphatic rings. The highest BCUT2D eigenvalue weighted by Crippen LogP contribution is 2.35. The lowest BCUT2D eigenvalue weighted by Crippen LogP contribution is -2.18. The molecule has 3 rings (SSSR count). The van der Waals surface area contributed by atoms with Gasteiger partial charge in [-0.2, -0.15) is 0 Å². The molecular weight excluding hydrogens is 254 g/mol. The van der Waals surface area contributed by atoms with Gasteiger partial charge in [-0.15, -0.1) is 11.3 Å². The molecule has 2 aromatic rings. The fourth-order valence-corrected chi connectivity index (χ4v) is 4.29. The van der Waals surface area contributed by atoms with Crippen molar-refractivity contribution in [3.8, 4) is 0 Å². The first-order valence-corrected chi connectivity index (χ1v) is 8.06. The van der Waals surface area contributed by atoms with Crippen LogP contribution in [0.15, 0.2) is 0 Å². The van der Waals surface area contributed by atoms with Crippen molar-refractivity contribution in [3.63, 3.8) is 0 Å². The van der Waals surface area contributed by atoms with E-state index < -0.39 is 0 Å². The molecular formula is C15H23N3S. The van der Waals surface area contributed by atoms with Crippen molar-refractivity contribution in [3.05, 3.63) is 22.0 Å². The molecule has 0 amide bonds. The van der Waals surface area contributed by atoms with E-state index >= 15 is 0 Å². The summed E-state index contributed by atoms with van der Waals surface area (Å²) in [6.07, 6.45) is 6.00. The topological polar surface area (TPSA) is 43.3 Å². The first-order chi connectivity index (χ1) is 9.02. The minimum absolute atomic E-state index is 0.0950. The van der Waals surface area contributed by atoms with Crippen molar-refractivity contribution < 1.29 is 0 Å². The molecule has 0 saturated carbocycles. The van der Waals surface area contributed by atoms with E-state index in [1.165, 1.54) is 47.7 Å². The smallest absolute Gasteiger partial charge is 0.194 e. The van der Waals surface area contributed by atoms with E-state index in [-0.39, 0.29) is 5.41 Å². The average molecular weight is 277 g/mol. The van der Waals surface area contributed by atoms with Crippen LogP contribution in [0.5, 0.6) is 0 Å². The predicted molar refractivity (Wildman–Crippen MR) is 81.2 cm³/mol. The molecule has 2 N–H and O–H groups in total. The Bertz CT molecular complexity index is 601. The van der Waals surface area contributed by atoms with Gasteiger partial charge in [-0.25, -0.2) is 4.98 Å². The third kappa shape index (κ3) is 2.11. The van der Waals surface area contributed by atoms with E-state index in [1.54, 1.807) is 4.88 Å². The molecule has 1 aliphatic carbocycles. The van der Waals surface area contributed by atoms with Gasteiger partial charge in [-0.05, 0) is 32.2 Å². The Hall–Kier alpha value is -0.870. The summed E-state index contributed by atoms with van der Waals surface area (Å²) in [5.74, 6) is 0. The zero-order valence-electron chi connectivity index (χ0n) is 12.1. The summed E-state index contributed by atoms with van der Waals surface area (Å²) in [7, 11) is 0. The maximum absolute atomic E-state index is 5.83. The second-order valence-corrected chi connectivity index (χ2v) is 7.55. The monoisotopic (exact) mass is 277 g/mol. The van der Waals surface area contributed by atoms with Gasteiger partial charge in [0.2, 0.25) is 0 Å². The summed E-state index contributed by atoms with van der Waals surface area (Å²) < 4.78 is 2.42. The van der Waals surface area contributed by atoms with E-state index in [4.69, 9.17) is 10.7 Å². The van der Waals surface area contributed by atoms with Crippen LogP contribution in [0, 0.1) is 0 Å². The molecule has 2 aromatic heterocycles. The number of rotatable bonds is 2. The standard InChI is InChI=1S/C15H23N3S/c1-15(2,3)13-11(8-9-16)18-10-6-4-5-7-12(10)19-14(18)17-13/h4-9,16H2,1-3H3. The lowest BCUT2D eigenvalue weighted by Gasteiger charge is -2.19. The highest BCUT2D eigenvalue weighted by Gasteiger charge is 2.27. The number of hydrogen-bond acceptors (Lipinski definition) is 3. The molecule has 0 bridgehead atoms. The van der Waals surface area contributed by atoms with Crippen LogP contribution in [-0.2, 0) is 24.7 Å². The van der Waals surface area contributed by atoms with Crippen LogP contribution in [0.1, 0.15) is 55.6 Å². The number of aryl methyl sites for hydroxylation is 2. The van der Waals surface area contributed by atoms with Crippen molar-refractivity contribution in [1.82, 2.24) is 9.38 Å². The highest BCUT2D eigenvalue weighted by molar-refractivity contribution is 7.17. The maximum Gasteiger partial charge on any atom is 0.194 e. The molecule has 0 spiro atoms. The lowest BCUT2D eigenvalue weighted by molar-refractivity contribution is 0.562. The lowest BCUT2D eigenvalue weighted by atomic mass is 9.90. The number of nitrogens with zero attached hydrogens (tertiary/aromatic N) is 2. The first kappa shape index (κ1) is 13.1. The third-order valence-corrected chi connectivity index (χ3v) is 5.05. The Kier molecular flexibility index (Phi) is 3.18. The number of hydrogen-bond donors (Lipinski definition) is 1. The molecule has 0 radical (unpaired) electrons. The van der Waals surface area contributed by atoms with Crippen LogP contribution in [-0.4, -0.2) is 15.9 Å². The summed E-state index contributed by atoms with van der Waals surface area (Å²) in [5.41, 5.74) is 10.0. The summed E-state index contributed by atoms with van der Waals surface area (Å²) >= 11 is 1.89. The fourth-order valence-electron chi connectivity index (χ4n) is 3.06. The normalized spacial score (nSPS) is 16.0. The van der Waals surface area contributed by atoms with Crippen LogP contribution in [0.25, 0.3) is 4.96 Å². The van der Waals surface area contributed by atoms with E-state index in [0.717, 1.165) is 6.42 Å². The molecule has 0 atom stereocenters. The Balaban J connectivity index is 2.24. The molecule has 0 unspecified atom stereocenters. The predicted octanol–water partition coefficient (Wildman–Crippen LogP) is 3.07. The summed E-state index contributed by atoms with van der Waals surface area (Å²) in [6.45, 7) is 7.42. The van der Waals surface area contributed by atoms with Crippen LogP contribution < -0.4 is 5.73 Å². The molecule has 3 nitrogen and oxygen atoms in total. The molecule has 4 heteroatoms. The van der Waals surface area contributed by atoms with Crippen LogP contribution in [0.3, 0.4) is 0 Å². The van der Waals surface area contributed by atoms with Crippen LogP contribution >= 0.6 is 11.3 Å². The molecule has 2 heterocycles. The Morgan fingerprint density at radius 2 is 2.00 bits per heavy atom. The quantitative estimate of drug-likeness (QED) is 0.916. The third-order valence-electron chi connectivity index (χ3n) is 3.91. The van der Waals surface area contributed by atoms with E-state index in [2.05, 4.69) is 25.2 Å². The maximum atomic E-state index is 5.83. The van der Waals surface area contributed by atoms with Gasteiger partial charge < -0.3 is 5.73 Å². The van der Waals surface area contributed by atoms with Crippen LogP contribution in [0.2, 0.25) is 0 Å². The first-order valence-electron chi connectivity index (χ1n) is 7.25. The summed E-state index contributed by atoms with van der Waals surface area (Å²) in [6, 6.07) is 0. The molecule has 0 saturated heterocycles. The largest absolute Gasteiger partial charge is 0.330 e. The van der Waals surface area contributed by atoms with E-state index in [0.29, 0.717) is 6.54 Å². The van der Waals surface area contributed by atoms with Crippen molar-refractivity contribution in [2.45, 2.75) is 58.3 Å². The second-order valence-electron chi connectivity index (χ2n) is 6.49. The minimum atomic E-state index is 0.0950. The van der Waals surface area contributed by atoms with Gasteiger partial charge in [-0.1, -0.05) is 20.8 Å². The molecule has 0 aromatic carbocycles. The SMILES string of the molecule is CC(C)(C)c1nc2sc3c(n2c1CCN)CCCC3. The number of aromatic nitrogens is 2. The van der Waals surface area contributed by atoms with Gasteiger partial charge in [0.05, 0.1) is 5.69 Å². The minimum Gasteiger partial charge on any atom is -0.330 e. The average Bonchev–Trinajstić information content (AvgIpc) is 2.86. The summed E-state index contributed by atoms with van der Waals surface area (Å²) in [5, 5.41) is 0. The van der Waals surface area contributed by atoms with Gasteiger partial charge in [0.25, 0.3) is 0 Å². The van der Waals surface area contributed by atoms with Crippen LogP contribution in [0.4, 0.5) is 0 Å². The van der Waals surface area contributed by atoms with Crippen molar-refractivity contribution in [2.24, 2.45) is 5.73 Å². The van der Waals surface area contributed by atoms with Gasteiger partial charge in [-0.3, -0.25) is 4.40 Å².